The van der Waals surface area contributed by atoms with Crippen molar-refractivity contribution in [3.8, 4) is 17.4 Å². The van der Waals surface area contributed by atoms with Crippen LogP contribution in [0.25, 0.3) is 0 Å². The van der Waals surface area contributed by atoms with Crippen molar-refractivity contribution >= 4 is 17.6 Å². The molecule has 170 valence electrons. The maximum atomic E-state index is 12.8. The summed E-state index contributed by atoms with van der Waals surface area (Å²) in [7, 11) is 0. The van der Waals surface area contributed by atoms with E-state index in [1.807, 2.05) is 13.8 Å². The molecule has 0 aliphatic carbocycles. The van der Waals surface area contributed by atoms with Crippen LogP contribution < -0.4 is 14.8 Å². The fourth-order valence-electron chi connectivity index (χ4n) is 2.99. The molecular formula is C23H24N6O4. The van der Waals surface area contributed by atoms with Crippen LogP contribution in [-0.4, -0.2) is 56.3 Å². The highest BCUT2D eigenvalue weighted by atomic mass is 16.5. The zero-order chi connectivity index (χ0) is 23.2. The minimum Gasteiger partial charge on any atom is -0.493 e. The molecule has 3 aromatic rings. The third-order valence-electron chi connectivity index (χ3n) is 4.85. The molecule has 33 heavy (non-hydrogen) atoms. The first-order valence-electron chi connectivity index (χ1n) is 10.7. The fraction of sp³-hybridized carbons (Fsp3) is 0.304. The maximum Gasteiger partial charge on any atom is 0.274 e. The standard InChI is InChI=1S/C23H24N6O4/c1-3-7-32-17-8-16(22(30)28-20-13-24-15(2)11-26-20)9-18(10-17)33-21-14-25-19(12-27-21)23(31)29-5-4-6-29/h8-14H,3-7H2,1-2H3,(H,26,28,30). The molecule has 1 N–H and O–H groups in total. The van der Waals surface area contributed by atoms with Crippen LogP contribution in [-0.2, 0) is 0 Å². The summed E-state index contributed by atoms with van der Waals surface area (Å²) in [5.41, 5.74) is 1.33. The van der Waals surface area contributed by atoms with Crippen LogP contribution in [0, 0.1) is 6.92 Å². The Bertz CT molecular complexity index is 1130. The lowest BCUT2D eigenvalue weighted by molar-refractivity contribution is 0.0645. The third-order valence-corrected chi connectivity index (χ3v) is 4.85. The Kier molecular flexibility index (Phi) is 6.72. The van der Waals surface area contributed by atoms with Crippen LogP contribution in [0.15, 0.2) is 43.0 Å². The lowest BCUT2D eigenvalue weighted by atomic mass is 10.2. The van der Waals surface area contributed by atoms with Gasteiger partial charge in [-0.1, -0.05) is 6.92 Å². The number of nitrogens with one attached hydrogen (secondary N) is 1. The number of likely N-dealkylation sites (tertiary alicyclic amines) is 1. The van der Waals surface area contributed by atoms with Gasteiger partial charge in [0.25, 0.3) is 11.8 Å². The summed E-state index contributed by atoms with van der Waals surface area (Å²) in [6.45, 7) is 5.77. The molecule has 1 fully saturated rings. The summed E-state index contributed by atoms with van der Waals surface area (Å²) in [5.74, 6) is 0.821. The quantitative estimate of drug-likeness (QED) is 0.558. The summed E-state index contributed by atoms with van der Waals surface area (Å²) in [4.78, 5) is 43.4. The van der Waals surface area contributed by atoms with Crippen LogP contribution in [0.2, 0.25) is 0 Å². The van der Waals surface area contributed by atoms with E-state index in [0.29, 0.717) is 29.5 Å². The van der Waals surface area contributed by atoms with Gasteiger partial charge >= 0.3 is 0 Å². The second kappa shape index (κ2) is 10.0. The minimum absolute atomic E-state index is 0.145. The zero-order valence-corrected chi connectivity index (χ0v) is 18.4. The maximum absolute atomic E-state index is 12.8. The molecule has 3 heterocycles. The molecule has 1 aliphatic rings. The van der Waals surface area contributed by atoms with Crippen molar-refractivity contribution in [3.05, 3.63) is 59.9 Å². The Labute approximate surface area is 191 Å². The number of rotatable bonds is 8. The normalized spacial score (nSPS) is 12.6. The van der Waals surface area contributed by atoms with Crippen molar-refractivity contribution in [2.45, 2.75) is 26.7 Å². The molecule has 0 radical (unpaired) electrons. The van der Waals surface area contributed by atoms with E-state index in [1.165, 1.54) is 18.6 Å². The van der Waals surface area contributed by atoms with E-state index in [-0.39, 0.29) is 23.4 Å². The average molecular weight is 448 g/mol. The van der Waals surface area contributed by atoms with Gasteiger partial charge in [-0.3, -0.25) is 14.6 Å². The van der Waals surface area contributed by atoms with Crippen LogP contribution in [0.5, 0.6) is 17.4 Å². The van der Waals surface area contributed by atoms with Gasteiger partial charge in [0.2, 0.25) is 5.88 Å². The van der Waals surface area contributed by atoms with Crippen LogP contribution in [0.3, 0.4) is 0 Å². The molecular weight excluding hydrogens is 424 g/mol. The molecule has 1 aromatic carbocycles. The van der Waals surface area contributed by atoms with E-state index in [4.69, 9.17) is 9.47 Å². The second-order valence-electron chi connectivity index (χ2n) is 7.53. The minimum atomic E-state index is -0.387. The van der Waals surface area contributed by atoms with Gasteiger partial charge in [0.15, 0.2) is 5.82 Å². The Morgan fingerprint density at radius 3 is 2.45 bits per heavy atom. The lowest BCUT2D eigenvalue weighted by Gasteiger charge is -2.30. The van der Waals surface area contributed by atoms with E-state index in [9.17, 15) is 9.59 Å². The SMILES string of the molecule is CCCOc1cc(Oc2cnc(C(=O)N3CCC3)cn2)cc(C(=O)Nc2cnc(C)cn2)c1. The molecule has 2 amide bonds. The molecule has 2 aromatic heterocycles. The Morgan fingerprint density at radius 1 is 1.00 bits per heavy atom. The number of aromatic nitrogens is 4. The van der Waals surface area contributed by atoms with Crippen molar-refractivity contribution in [1.82, 2.24) is 24.8 Å². The first-order valence-corrected chi connectivity index (χ1v) is 10.7. The summed E-state index contributed by atoms with van der Waals surface area (Å²) in [6.07, 6.45) is 7.64. The summed E-state index contributed by atoms with van der Waals surface area (Å²) >= 11 is 0. The molecule has 10 heteroatoms. The second-order valence-corrected chi connectivity index (χ2v) is 7.53. The molecule has 0 atom stereocenters. The van der Waals surface area contributed by atoms with Crippen molar-refractivity contribution in [2.24, 2.45) is 0 Å². The van der Waals surface area contributed by atoms with E-state index < -0.39 is 0 Å². The number of hydrogen-bond donors (Lipinski definition) is 1. The largest absolute Gasteiger partial charge is 0.493 e. The average Bonchev–Trinajstić information content (AvgIpc) is 2.78. The van der Waals surface area contributed by atoms with E-state index in [0.717, 1.165) is 31.6 Å². The van der Waals surface area contributed by atoms with Gasteiger partial charge in [0.05, 0.1) is 37.1 Å². The molecule has 4 rings (SSSR count). The van der Waals surface area contributed by atoms with Gasteiger partial charge in [-0.15, -0.1) is 0 Å². The number of amides is 2. The van der Waals surface area contributed by atoms with Crippen LogP contribution >= 0.6 is 0 Å². The molecule has 0 spiro atoms. The van der Waals surface area contributed by atoms with E-state index in [1.54, 1.807) is 29.3 Å². The number of aryl methyl sites for hydroxylation is 1. The summed E-state index contributed by atoms with van der Waals surface area (Å²) in [6, 6.07) is 4.86. The van der Waals surface area contributed by atoms with Gasteiger partial charge < -0.3 is 19.7 Å². The first-order chi connectivity index (χ1) is 16.0. The fourth-order valence-corrected chi connectivity index (χ4v) is 2.99. The predicted octanol–water partition coefficient (Wildman–Crippen LogP) is 3.25. The van der Waals surface area contributed by atoms with Gasteiger partial charge in [-0.2, -0.15) is 0 Å². The van der Waals surface area contributed by atoms with Crippen LogP contribution in [0.1, 0.15) is 46.3 Å². The lowest BCUT2D eigenvalue weighted by Crippen LogP contribution is -2.42. The van der Waals surface area contributed by atoms with Gasteiger partial charge in [-0.05, 0) is 31.9 Å². The van der Waals surface area contributed by atoms with Gasteiger partial charge in [0, 0.05) is 24.7 Å². The van der Waals surface area contributed by atoms with Crippen molar-refractivity contribution < 1.29 is 19.1 Å². The number of carbonyl (C=O) groups excluding carboxylic acids is 2. The first kappa shape index (κ1) is 22.1. The third kappa shape index (κ3) is 5.59. The van der Waals surface area contributed by atoms with E-state index in [2.05, 4.69) is 25.3 Å². The van der Waals surface area contributed by atoms with Crippen LogP contribution in [0.4, 0.5) is 5.82 Å². The number of ether oxygens (including phenoxy) is 2. The van der Waals surface area contributed by atoms with Crippen molar-refractivity contribution in [1.29, 1.82) is 0 Å². The topological polar surface area (TPSA) is 119 Å². The molecule has 1 saturated heterocycles. The monoisotopic (exact) mass is 448 g/mol. The number of hydrogen-bond acceptors (Lipinski definition) is 8. The number of carbonyl (C=O) groups is 2. The zero-order valence-electron chi connectivity index (χ0n) is 18.4. The Hall–Kier alpha value is -4.08. The Morgan fingerprint density at radius 2 is 1.82 bits per heavy atom. The molecule has 0 saturated carbocycles. The smallest absolute Gasteiger partial charge is 0.274 e. The summed E-state index contributed by atoms with van der Waals surface area (Å²) < 4.78 is 11.5. The van der Waals surface area contributed by atoms with Crippen molar-refractivity contribution in [3.63, 3.8) is 0 Å². The number of anilines is 1. The summed E-state index contributed by atoms with van der Waals surface area (Å²) in [5, 5.41) is 2.71. The molecule has 0 unspecified atom stereocenters. The van der Waals surface area contributed by atoms with E-state index >= 15 is 0 Å². The molecule has 0 bridgehead atoms. The van der Waals surface area contributed by atoms with Crippen molar-refractivity contribution in [2.75, 3.05) is 25.0 Å². The molecule has 10 nitrogen and oxygen atoms in total. The molecule has 1 aliphatic heterocycles. The highest BCUT2D eigenvalue weighted by Gasteiger charge is 2.23. The van der Waals surface area contributed by atoms with Gasteiger partial charge in [0.1, 0.15) is 17.2 Å². The number of nitrogens with zero attached hydrogens (tertiary/aromatic N) is 5. The Balaban J connectivity index is 1.52. The highest BCUT2D eigenvalue weighted by Crippen LogP contribution is 2.27. The predicted molar refractivity (Wildman–Crippen MR) is 120 cm³/mol. The highest BCUT2D eigenvalue weighted by molar-refractivity contribution is 6.04. The number of benzene rings is 1. The van der Waals surface area contributed by atoms with Gasteiger partial charge in [-0.25, -0.2) is 15.0 Å².